The van der Waals surface area contributed by atoms with E-state index < -0.39 is 44.8 Å². The van der Waals surface area contributed by atoms with E-state index in [1.807, 2.05) is 0 Å². The Labute approximate surface area is 219 Å². The molecular weight excluding hydrogens is 556 g/mol. The second kappa shape index (κ2) is 10.1. The summed E-state index contributed by atoms with van der Waals surface area (Å²) >= 11 is 12.4. The zero-order valence-electron chi connectivity index (χ0n) is 19.5. The molecule has 3 N–H and O–H groups in total. The highest BCUT2D eigenvalue weighted by Crippen LogP contribution is 2.39. The number of benzene rings is 2. The summed E-state index contributed by atoms with van der Waals surface area (Å²) in [7, 11) is -3.76. The minimum atomic E-state index is -4.84. The van der Waals surface area contributed by atoms with Crippen molar-refractivity contribution < 1.29 is 21.6 Å². The first-order valence-corrected chi connectivity index (χ1v) is 13.7. The number of aromatic amines is 1. The lowest BCUT2D eigenvalue weighted by atomic mass is 10.0. The van der Waals surface area contributed by atoms with E-state index in [4.69, 9.17) is 28.9 Å². The van der Waals surface area contributed by atoms with Crippen molar-refractivity contribution in [1.29, 1.82) is 0 Å². The van der Waals surface area contributed by atoms with E-state index in [1.54, 1.807) is 4.90 Å². The molecule has 8 nitrogen and oxygen atoms in total. The molecule has 3 aromatic rings. The van der Waals surface area contributed by atoms with Crippen molar-refractivity contribution in [1.82, 2.24) is 14.5 Å². The fraction of sp³-hybridized carbons (Fsp3) is 0.391. The predicted octanol–water partition coefficient (Wildman–Crippen LogP) is 3.39. The third-order valence-corrected chi connectivity index (χ3v) is 8.86. The molecule has 1 saturated heterocycles. The van der Waals surface area contributed by atoms with E-state index in [0.29, 0.717) is 30.1 Å². The molecule has 0 saturated carbocycles. The van der Waals surface area contributed by atoms with Crippen molar-refractivity contribution in [2.75, 3.05) is 18.8 Å². The first-order chi connectivity index (χ1) is 17.2. The molecule has 1 fully saturated rings. The van der Waals surface area contributed by atoms with Crippen molar-refractivity contribution in [3.05, 3.63) is 71.8 Å². The summed E-state index contributed by atoms with van der Waals surface area (Å²) < 4.78 is 67.9. The van der Waals surface area contributed by atoms with Crippen molar-refractivity contribution in [2.45, 2.75) is 43.5 Å². The molecule has 1 aromatic heterocycles. The van der Waals surface area contributed by atoms with Gasteiger partial charge in [-0.25, -0.2) is 13.2 Å². The van der Waals surface area contributed by atoms with Crippen LogP contribution in [0.2, 0.25) is 10.0 Å². The van der Waals surface area contributed by atoms with Gasteiger partial charge in [0.25, 0.3) is 5.56 Å². The van der Waals surface area contributed by atoms with Crippen molar-refractivity contribution in [3.63, 3.8) is 0 Å². The number of H-pyrrole nitrogens is 1. The fourth-order valence-corrected chi connectivity index (χ4v) is 6.09. The summed E-state index contributed by atoms with van der Waals surface area (Å²) in [6.45, 7) is 1.59. The molecule has 0 aliphatic carbocycles. The minimum absolute atomic E-state index is 0.0467. The van der Waals surface area contributed by atoms with Crippen LogP contribution in [0.25, 0.3) is 10.9 Å². The molecule has 2 aromatic carbocycles. The molecule has 2 heterocycles. The maximum Gasteiger partial charge on any atom is 0.416 e. The van der Waals surface area contributed by atoms with Crippen molar-refractivity contribution >= 4 is 43.9 Å². The molecule has 0 amide bonds. The van der Waals surface area contributed by atoms with Gasteiger partial charge in [-0.15, -0.1) is 0 Å². The lowest BCUT2D eigenvalue weighted by molar-refractivity contribution is -0.138. The van der Waals surface area contributed by atoms with E-state index in [0.717, 1.165) is 0 Å². The maximum absolute atomic E-state index is 14.1. The number of nitrogens with zero attached hydrogens (tertiary/aromatic N) is 2. The molecular formula is C23H23Cl2F3N4O4S. The highest BCUT2D eigenvalue weighted by molar-refractivity contribution is 7.91. The summed E-state index contributed by atoms with van der Waals surface area (Å²) in [6.07, 6.45) is -4.22. The largest absolute Gasteiger partial charge is 0.416 e. The second-order valence-electron chi connectivity index (χ2n) is 8.90. The number of sulfone groups is 1. The smallest absolute Gasteiger partial charge is 0.326 e. The Hall–Kier alpha value is -2.38. The molecule has 37 heavy (non-hydrogen) atoms. The molecule has 200 valence electrons. The number of halogens is 5. The SMILES string of the molecule is CCS(=O)(=O)c1ccc(Cl)cc1Cn1c(=O)[nH]c2c(Cl)c(CN3CC[C@H](N)C3)c(C(F)(F)F)cc2c1=O. The number of alkyl halides is 3. The number of rotatable bonds is 6. The Morgan fingerprint density at radius 3 is 2.46 bits per heavy atom. The summed E-state index contributed by atoms with van der Waals surface area (Å²) in [5.74, 6) is -0.250. The van der Waals surface area contributed by atoms with E-state index in [9.17, 15) is 31.2 Å². The Kier molecular flexibility index (Phi) is 7.52. The number of aromatic nitrogens is 2. The van der Waals surface area contributed by atoms with E-state index in [1.165, 1.54) is 25.1 Å². The van der Waals surface area contributed by atoms with Crippen LogP contribution in [-0.4, -0.2) is 47.8 Å². The minimum Gasteiger partial charge on any atom is -0.326 e. The van der Waals surface area contributed by atoms with Gasteiger partial charge in [-0.2, -0.15) is 13.2 Å². The zero-order chi connectivity index (χ0) is 27.3. The number of fused-ring (bicyclic) bond motifs is 1. The molecule has 0 spiro atoms. The molecule has 1 aliphatic rings. The Bertz CT molecular complexity index is 1600. The van der Waals surface area contributed by atoms with Gasteiger partial charge in [0, 0.05) is 30.7 Å². The van der Waals surface area contributed by atoms with Crippen LogP contribution in [0.4, 0.5) is 13.2 Å². The quantitative estimate of drug-likeness (QED) is 0.463. The van der Waals surface area contributed by atoms with Gasteiger partial charge >= 0.3 is 11.9 Å². The van der Waals surface area contributed by atoms with Crippen LogP contribution in [0.5, 0.6) is 0 Å². The predicted molar refractivity (Wildman–Crippen MR) is 135 cm³/mol. The maximum atomic E-state index is 14.1. The van der Waals surface area contributed by atoms with E-state index >= 15 is 0 Å². The topological polar surface area (TPSA) is 118 Å². The molecule has 0 radical (unpaired) electrons. The molecule has 1 aliphatic heterocycles. The van der Waals surface area contributed by atoms with Crippen LogP contribution < -0.4 is 17.0 Å². The third-order valence-electron chi connectivity index (χ3n) is 6.38. The van der Waals surface area contributed by atoms with Crippen molar-refractivity contribution in [3.8, 4) is 0 Å². The van der Waals surface area contributed by atoms with Gasteiger partial charge in [0.2, 0.25) is 0 Å². The number of hydrogen-bond acceptors (Lipinski definition) is 6. The Balaban J connectivity index is 1.91. The third kappa shape index (κ3) is 5.44. The van der Waals surface area contributed by atoms with Crippen LogP contribution in [0.1, 0.15) is 30.0 Å². The fourth-order valence-electron chi connectivity index (χ4n) is 4.48. The highest BCUT2D eigenvalue weighted by Gasteiger charge is 2.37. The summed E-state index contributed by atoms with van der Waals surface area (Å²) in [5, 5.41) is -0.687. The molecule has 14 heteroatoms. The van der Waals surface area contributed by atoms with Gasteiger partial charge in [0.1, 0.15) is 0 Å². The molecule has 0 unspecified atom stereocenters. The summed E-state index contributed by atoms with van der Waals surface area (Å²) in [5.41, 5.74) is 2.30. The molecule has 0 bridgehead atoms. The Morgan fingerprint density at radius 1 is 1.16 bits per heavy atom. The normalized spacial score (nSPS) is 17.1. The van der Waals surface area contributed by atoms with Gasteiger partial charge in [0.15, 0.2) is 9.84 Å². The number of nitrogens with two attached hydrogens (primary N) is 1. The average Bonchev–Trinajstić information content (AvgIpc) is 3.22. The Morgan fingerprint density at radius 2 is 1.86 bits per heavy atom. The van der Waals surface area contributed by atoms with Gasteiger partial charge in [-0.1, -0.05) is 30.1 Å². The van der Waals surface area contributed by atoms with E-state index in [-0.39, 0.29) is 49.9 Å². The summed E-state index contributed by atoms with van der Waals surface area (Å²) in [6, 6.07) is 4.39. The van der Waals surface area contributed by atoms with Crippen LogP contribution >= 0.6 is 23.2 Å². The van der Waals surface area contributed by atoms with Gasteiger partial charge in [0.05, 0.1) is 38.7 Å². The molecule has 1 atom stereocenters. The summed E-state index contributed by atoms with van der Waals surface area (Å²) in [4.78, 5) is 30.2. The first kappa shape index (κ1) is 27.6. The van der Waals surface area contributed by atoms with Crippen LogP contribution in [0.3, 0.4) is 0 Å². The van der Waals surface area contributed by atoms with Gasteiger partial charge in [-0.05, 0) is 41.8 Å². The number of hydrogen-bond donors (Lipinski definition) is 2. The van der Waals surface area contributed by atoms with Crippen LogP contribution in [-0.2, 0) is 29.1 Å². The molecule has 4 rings (SSSR count). The number of likely N-dealkylation sites (tertiary alicyclic amines) is 1. The first-order valence-electron chi connectivity index (χ1n) is 11.3. The second-order valence-corrected chi connectivity index (χ2v) is 12.0. The average molecular weight is 579 g/mol. The van der Waals surface area contributed by atoms with Gasteiger partial charge in [-0.3, -0.25) is 14.3 Å². The zero-order valence-corrected chi connectivity index (χ0v) is 21.9. The number of nitrogens with one attached hydrogen (secondary N) is 1. The standard InChI is InChI=1S/C23H23Cl2F3N4O4S/c1-2-37(35,36)18-4-3-13(24)7-12(18)9-32-21(33)15-8-17(23(26,27)28)16(11-31-6-5-14(29)10-31)19(25)20(15)30-22(32)34/h3-4,7-8,14H,2,5-6,9-11,29H2,1H3,(H,30,34)/t14-/m0/s1. The van der Waals surface area contributed by atoms with Crippen LogP contribution in [0, 0.1) is 0 Å². The van der Waals surface area contributed by atoms with Crippen molar-refractivity contribution in [2.24, 2.45) is 5.73 Å². The van der Waals surface area contributed by atoms with E-state index in [2.05, 4.69) is 4.98 Å². The van der Waals surface area contributed by atoms with Gasteiger partial charge < -0.3 is 10.7 Å². The lowest BCUT2D eigenvalue weighted by Gasteiger charge is -2.21. The lowest BCUT2D eigenvalue weighted by Crippen LogP contribution is -2.36. The highest BCUT2D eigenvalue weighted by atomic mass is 35.5. The van der Waals surface area contributed by atoms with Crippen LogP contribution in [0.15, 0.2) is 38.8 Å². The monoisotopic (exact) mass is 578 g/mol.